The van der Waals surface area contributed by atoms with Crippen molar-refractivity contribution < 1.29 is 14.3 Å². The van der Waals surface area contributed by atoms with Crippen LogP contribution in [0.15, 0.2) is 48.5 Å². The van der Waals surface area contributed by atoms with E-state index in [1.807, 2.05) is 31.2 Å². The van der Waals surface area contributed by atoms with E-state index in [0.717, 1.165) is 17.5 Å². The molecule has 112 valence electrons. The van der Waals surface area contributed by atoms with E-state index in [2.05, 4.69) is 0 Å². The van der Waals surface area contributed by atoms with Gasteiger partial charge in [0.2, 0.25) is 6.10 Å². The molecule has 1 heterocycles. The first-order chi connectivity index (χ1) is 10.6. The average molecular weight is 316 g/mol. The molecule has 1 amide bonds. The Morgan fingerprint density at radius 2 is 1.82 bits per heavy atom. The van der Waals surface area contributed by atoms with Crippen LogP contribution in [0.3, 0.4) is 0 Å². The third kappa shape index (κ3) is 2.46. The number of anilines is 1. The number of hydrogen-bond donors (Lipinski definition) is 0. The van der Waals surface area contributed by atoms with Crippen molar-refractivity contribution in [3.05, 3.63) is 59.1 Å². The highest BCUT2D eigenvalue weighted by Gasteiger charge is 2.50. The van der Waals surface area contributed by atoms with Gasteiger partial charge in [0, 0.05) is 10.7 Å². The zero-order chi connectivity index (χ0) is 15.7. The van der Waals surface area contributed by atoms with Gasteiger partial charge in [0.05, 0.1) is 0 Å². The van der Waals surface area contributed by atoms with Gasteiger partial charge >= 0.3 is 0 Å². The van der Waals surface area contributed by atoms with Crippen LogP contribution in [-0.2, 0) is 9.59 Å². The number of rotatable bonds is 4. The second kappa shape index (κ2) is 5.81. The summed E-state index contributed by atoms with van der Waals surface area (Å²) in [6.07, 6.45) is -0.0488. The Bertz CT molecular complexity index is 714. The normalized spacial score (nSPS) is 20.5. The summed E-state index contributed by atoms with van der Waals surface area (Å²) in [5.41, 5.74) is 1.67. The number of amides is 1. The Morgan fingerprint density at radius 3 is 2.45 bits per heavy atom. The summed E-state index contributed by atoms with van der Waals surface area (Å²) in [5.74, 6) is 0.292. The topological polar surface area (TPSA) is 46.6 Å². The molecule has 22 heavy (non-hydrogen) atoms. The number of benzene rings is 2. The molecule has 3 rings (SSSR count). The molecule has 2 aromatic carbocycles. The van der Waals surface area contributed by atoms with Crippen LogP contribution in [-0.4, -0.2) is 24.3 Å². The van der Waals surface area contributed by atoms with E-state index < -0.39 is 12.1 Å². The quantitative estimate of drug-likeness (QED) is 0.643. The van der Waals surface area contributed by atoms with Gasteiger partial charge in [0.25, 0.3) is 5.91 Å². The summed E-state index contributed by atoms with van der Waals surface area (Å²) >= 11 is 5.81. The molecular formula is C17H14ClNO3. The van der Waals surface area contributed by atoms with Crippen LogP contribution in [0.25, 0.3) is 0 Å². The molecule has 0 aromatic heterocycles. The third-order valence-electron chi connectivity index (χ3n) is 3.68. The largest absolute Gasteiger partial charge is 0.478 e. The van der Waals surface area contributed by atoms with E-state index in [-0.39, 0.29) is 5.91 Å². The SMILES string of the molecule is Cc1ccccc1N1C(=O)[C@@H](Oc2ccc(Cl)cc2)[C@@H]1C=O. The first-order valence-corrected chi connectivity index (χ1v) is 7.26. The average Bonchev–Trinajstić information content (AvgIpc) is 2.53. The van der Waals surface area contributed by atoms with Crippen molar-refractivity contribution in [2.45, 2.75) is 19.1 Å². The number of hydrogen-bond acceptors (Lipinski definition) is 3. The number of aryl methyl sites for hydroxylation is 1. The second-order valence-electron chi connectivity index (χ2n) is 5.11. The third-order valence-corrected chi connectivity index (χ3v) is 3.93. The number of nitrogens with zero attached hydrogens (tertiary/aromatic N) is 1. The molecule has 1 aliphatic rings. The fourth-order valence-corrected chi connectivity index (χ4v) is 2.63. The number of para-hydroxylation sites is 1. The minimum absolute atomic E-state index is 0.221. The number of halogens is 1. The maximum absolute atomic E-state index is 12.4. The maximum atomic E-state index is 12.4. The summed E-state index contributed by atoms with van der Waals surface area (Å²) in [6, 6.07) is 13.5. The lowest BCUT2D eigenvalue weighted by Gasteiger charge is -2.44. The molecular weight excluding hydrogens is 302 g/mol. The monoisotopic (exact) mass is 315 g/mol. The van der Waals surface area contributed by atoms with Crippen LogP contribution < -0.4 is 9.64 Å². The highest BCUT2D eigenvalue weighted by Crippen LogP contribution is 2.32. The van der Waals surface area contributed by atoms with Gasteiger partial charge in [-0.2, -0.15) is 0 Å². The number of aldehydes is 1. The van der Waals surface area contributed by atoms with E-state index in [1.54, 1.807) is 24.3 Å². The Labute approximate surface area is 133 Å². The first kappa shape index (κ1) is 14.6. The molecule has 0 N–H and O–H groups in total. The number of carbonyl (C=O) groups is 2. The van der Waals surface area contributed by atoms with Crippen molar-refractivity contribution in [1.82, 2.24) is 0 Å². The van der Waals surface area contributed by atoms with E-state index >= 15 is 0 Å². The van der Waals surface area contributed by atoms with Gasteiger partial charge in [-0.1, -0.05) is 29.8 Å². The zero-order valence-corrected chi connectivity index (χ0v) is 12.7. The molecule has 0 radical (unpaired) electrons. The molecule has 1 aliphatic heterocycles. The Hall–Kier alpha value is -2.33. The molecule has 1 fully saturated rings. The summed E-state index contributed by atoms with van der Waals surface area (Å²) in [5, 5.41) is 0.584. The fourth-order valence-electron chi connectivity index (χ4n) is 2.51. The van der Waals surface area contributed by atoms with Gasteiger partial charge < -0.3 is 9.53 Å². The Balaban J connectivity index is 1.81. The van der Waals surface area contributed by atoms with Crippen LogP contribution in [0.1, 0.15) is 5.56 Å². The number of ether oxygens (including phenoxy) is 1. The predicted octanol–water partition coefficient (Wildman–Crippen LogP) is 3.01. The lowest BCUT2D eigenvalue weighted by atomic mass is 9.96. The highest BCUT2D eigenvalue weighted by atomic mass is 35.5. The second-order valence-corrected chi connectivity index (χ2v) is 5.55. The van der Waals surface area contributed by atoms with Crippen molar-refractivity contribution in [3.63, 3.8) is 0 Å². The van der Waals surface area contributed by atoms with Gasteiger partial charge in [0.1, 0.15) is 18.1 Å². The molecule has 0 bridgehead atoms. The minimum atomic E-state index is -0.793. The fraction of sp³-hybridized carbons (Fsp3) is 0.176. The molecule has 0 spiro atoms. The van der Waals surface area contributed by atoms with Gasteiger partial charge in [0.15, 0.2) is 0 Å². The first-order valence-electron chi connectivity index (χ1n) is 6.88. The van der Waals surface area contributed by atoms with Crippen molar-refractivity contribution in [3.8, 4) is 5.75 Å². The van der Waals surface area contributed by atoms with Gasteiger partial charge in [-0.15, -0.1) is 0 Å². The van der Waals surface area contributed by atoms with Gasteiger partial charge in [-0.3, -0.25) is 9.69 Å². The Kier molecular flexibility index (Phi) is 3.86. The molecule has 4 nitrogen and oxygen atoms in total. The summed E-state index contributed by atoms with van der Waals surface area (Å²) in [4.78, 5) is 25.2. The van der Waals surface area contributed by atoms with Crippen molar-refractivity contribution in [2.75, 3.05) is 4.90 Å². The van der Waals surface area contributed by atoms with E-state index in [9.17, 15) is 9.59 Å². The summed E-state index contributed by atoms with van der Waals surface area (Å²) < 4.78 is 5.63. The molecule has 0 saturated carbocycles. The lowest BCUT2D eigenvalue weighted by Crippen LogP contribution is -2.68. The smallest absolute Gasteiger partial charge is 0.271 e. The standard InChI is InChI=1S/C17H14ClNO3/c1-11-4-2-3-5-14(11)19-15(10-20)16(17(19)21)22-13-8-6-12(18)7-9-13/h2-10,15-16H,1H3/t15-,16-/m0/s1. The van der Waals surface area contributed by atoms with E-state index in [4.69, 9.17) is 16.3 Å². The van der Waals surface area contributed by atoms with Crippen molar-refractivity contribution >= 4 is 29.5 Å². The van der Waals surface area contributed by atoms with Gasteiger partial charge in [-0.05, 0) is 42.8 Å². The van der Waals surface area contributed by atoms with Crippen molar-refractivity contribution in [2.24, 2.45) is 0 Å². The van der Waals surface area contributed by atoms with E-state index in [1.165, 1.54) is 4.90 Å². The van der Waals surface area contributed by atoms with Crippen LogP contribution in [0.2, 0.25) is 5.02 Å². The lowest BCUT2D eigenvalue weighted by molar-refractivity contribution is -0.138. The van der Waals surface area contributed by atoms with Crippen LogP contribution in [0.5, 0.6) is 5.75 Å². The molecule has 2 aromatic rings. The number of β-lactam (4-membered cyclic amide) rings is 1. The van der Waals surface area contributed by atoms with Crippen LogP contribution >= 0.6 is 11.6 Å². The highest BCUT2D eigenvalue weighted by molar-refractivity contribution is 6.30. The van der Waals surface area contributed by atoms with Crippen LogP contribution in [0.4, 0.5) is 5.69 Å². The maximum Gasteiger partial charge on any atom is 0.271 e. The van der Waals surface area contributed by atoms with Crippen molar-refractivity contribution in [1.29, 1.82) is 0 Å². The minimum Gasteiger partial charge on any atom is -0.478 e. The van der Waals surface area contributed by atoms with E-state index in [0.29, 0.717) is 10.8 Å². The Morgan fingerprint density at radius 1 is 1.14 bits per heavy atom. The summed E-state index contributed by atoms with van der Waals surface area (Å²) in [6.45, 7) is 1.90. The van der Waals surface area contributed by atoms with Gasteiger partial charge in [-0.25, -0.2) is 0 Å². The molecule has 1 saturated heterocycles. The predicted molar refractivity (Wildman–Crippen MR) is 84.4 cm³/mol. The number of carbonyl (C=O) groups excluding carboxylic acids is 2. The van der Waals surface area contributed by atoms with Crippen LogP contribution in [0, 0.1) is 6.92 Å². The summed E-state index contributed by atoms with van der Waals surface area (Å²) in [7, 11) is 0. The molecule has 2 atom stereocenters. The molecule has 5 heteroatoms. The molecule has 0 unspecified atom stereocenters. The molecule has 0 aliphatic carbocycles. The zero-order valence-electron chi connectivity index (χ0n) is 11.9.